The number of H-pyrrole nitrogens is 1. The zero-order chi connectivity index (χ0) is 17.8. The van der Waals surface area contributed by atoms with Gasteiger partial charge in [0, 0.05) is 31.1 Å². The molecule has 0 bridgehead atoms. The summed E-state index contributed by atoms with van der Waals surface area (Å²) < 4.78 is 5.65. The average molecular weight is 348 g/mol. The van der Waals surface area contributed by atoms with Gasteiger partial charge in [-0.25, -0.2) is 4.98 Å². The van der Waals surface area contributed by atoms with Crippen LogP contribution in [-0.4, -0.2) is 38.9 Å². The second kappa shape index (κ2) is 7.49. The van der Waals surface area contributed by atoms with Gasteiger partial charge in [0.15, 0.2) is 0 Å². The highest BCUT2D eigenvalue weighted by atomic mass is 16.5. The molecule has 3 heterocycles. The van der Waals surface area contributed by atoms with Gasteiger partial charge in [0.25, 0.3) is 0 Å². The van der Waals surface area contributed by atoms with Crippen molar-refractivity contribution in [2.75, 3.05) is 13.2 Å². The topological polar surface area (TPSA) is 71.1 Å². The normalized spacial score (nSPS) is 16.3. The first-order valence-electron chi connectivity index (χ1n) is 8.66. The molecule has 1 atom stereocenters. The summed E-state index contributed by atoms with van der Waals surface area (Å²) in [6.45, 7) is 1.10. The van der Waals surface area contributed by atoms with E-state index < -0.39 is 0 Å². The summed E-state index contributed by atoms with van der Waals surface area (Å²) in [7, 11) is 0. The molecule has 1 aliphatic rings. The van der Waals surface area contributed by atoms with Crippen LogP contribution in [0.5, 0.6) is 0 Å². The summed E-state index contributed by atoms with van der Waals surface area (Å²) in [4.78, 5) is 26.5. The van der Waals surface area contributed by atoms with E-state index in [9.17, 15) is 4.79 Å². The Kier molecular flexibility index (Phi) is 4.75. The minimum absolute atomic E-state index is 0.0385. The highest BCUT2D eigenvalue weighted by Gasteiger charge is 2.34. The van der Waals surface area contributed by atoms with Crippen molar-refractivity contribution in [1.82, 2.24) is 19.9 Å². The number of imidazole rings is 1. The summed E-state index contributed by atoms with van der Waals surface area (Å²) in [5, 5.41) is 0. The van der Waals surface area contributed by atoms with Gasteiger partial charge in [0.2, 0.25) is 5.91 Å². The molecule has 1 amide bonds. The summed E-state index contributed by atoms with van der Waals surface area (Å²) in [6, 6.07) is 13.5. The minimum atomic E-state index is -0.230. The number of benzene rings is 1. The van der Waals surface area contributed by atoms with Gasteiger partial charge in [0.05, 0.1) is 18.6 Å². The summed E-state index contributed by atoms with van der Waals surface area (Å²) in [5.41, 5.74) is 3.98. The van der Waals surface area contributed by atoms with Crippen LogP contribution < -0.4 is 0 Å². The number of carbonyl (C=O) groups is 1. The molecule has 1 aromatic carbocycles. The maximum atomic E-state index is 12.8. The molecule has 0 saturated carbocycles. The molecule has 0 spiro atoms. The number of nitrogens with zero attached hydrogens (tertiary/aromatic N) is 3. The zero-order valence-electron chi connectivity index (χ0n) is 14.3. The van der Waals surface area contributed by atoms with Crippen molar-refractivity contribution in [2.24, 2.45) is 0 Å². The van der Waals surface area contributed by atoms with Gasteiger partial charge in [-0.15, -0.1) is 0 Å². The fourth-order valence-corrected chi connectivity index (χ4v) is 3.33. The third-order valence-electron chi connectivity index (χ3n) is 4.58. The summed E-state index contributed by atoms with van der Waals surface area (Å²) in [6.07, 6.45) is 5.97. The van der Waals surface area contributed by atoms with E-state index in [4.69, 9.17) is 4.74 Å². The molecule has 132 valence electrons. The van der Waals surface area contributed by atoms with Gasteiger partial charge < -0.3 is 14.6 Å². The lowest BCUT2D eigenvalue weighted by molar-refractivity contribution is -0.138. The van der Waals surface area contributed by atoms with E-state index in [1.807, 2.05) is 47.4 Å². The molecular formula is C20H20N4O2. The van der Waals surface area contributed by atoms with Crippen LogP contribution in [-0.2, 0) is 22.6 Å². The number of nitrogens with one attached hydrogen (secondary N) is 1. The maximum Gasteiger partial charge on any atom is 0.249 e. The lowest BCUT2D eigenvalue weighted by Gasteiger charge is -2.35. The Hall–Kier alpha value is -2.99. The van der Waals surface area contributed by atoms with Crippen LogP contribution in [0, 0.1) is 0 Å². The number of pyridine rings is 1. The molecule has 0 aliphatic carbocycles. The van der Waals surface area contributed by atoms with Gasteiger partial charge in [-0.1, -0.05) is 36.4 Å². The number of hydrogen-bond donors (Lipinski definition) is 1. The van der Waals surface area contributed by atoms with Crippen LogP contribution in [0.4, 0.5) is 0 Å². The van der Waals surface area contributed by atoms with Gasteiger partial charge in [-0.3, -0.25) is 9.78 Å². The number of aromatic amines is 1. The molecule has 1 unspecified atom stereocenters. The molecule has 6 heteroatoms. The third-order valence-corrected chi connectivity index (χ3v) is 4.58. The van der Waals surface area contributed by atoms with E-state index in [1.54, 1.807) is 18.7 Å². The van der Waals surface area contributed by atoms with Gasteiger partial charge in [-0.05, 0) is 17.2 Å². The van der Waals surface area contributed by atoms with Crippen molar-refractivity contribution < 1.29 is 9.53 Å². The Bertz CT molecular complexity index is 864. The Morgan fingerprint density at radius 2 is 2.12 bits per heavy atom. The highest BCUT2D eigenvalue weighted by molar-refractivity contribution is 5.78. The second-order valence-electron chi connectivity index (χ2n) is 6.27. The molecule has 0 saturated heterocycles. The lowest BCUT2D eigenvalue weighted by atomic mass is 9.97. The van der Waals surface area contributed by atoms with Gasteiger partial charge in [0.1, 0.15) is 12.6 Å². The fourth-order valence-electron chi connectivity index (χ4n) is 3.33. The minimum Gasteiger partial charge on any atom is -0.367 e. The fraction of sp³-hybridized carbons (Fsp3) is 0.250. The number of aromatic nitrogens is 3. The van der Waals surface area contributed by atoms with E-state index in [2.05, 4.69) is 15.0 Å². The number of hydrogen-bond acceptors (Lipinski definition) is 4. The van der Waals surface area contributed by atoms with E-state index in [0.29, 0.717) is 13.2 Å². The predicted molar refractivity (Wildman–Crippen MR) is 96.2 cm³/mol. The molecule has 1 aliphatic heterocycles. The molecule has 4 rings (SSSR count). The standard InChI is InChI=1S/C20H20N4O2/c25-18(13-26-12-15-5-2-1-3-6-15)24-10-8-17-19(23-14-22-17)20(24)16-7-4-9-21-11-16/h1-7,9,11,14,20H,8,10,12-13H2,(H,22,23). The Labute approximate surface area is 151 Å². The number of fused-ring (bicyclic) bond motifs is 1. The molecule has 26 heavy (non-hydrogen) atoms. The maximum absolute atomic E-state index is 12.8. The smallest absolute Gasteiger partial charge is 0.249 e. The van der Waals surface area contributed by atoms with Gasteiger partial charge >= 0.3 is 0 Å². The first-order valence-corrected chi connectivity index (χ1v) is 8.66. The first kappa shape index (κ1) is 16.5. The molecule has 6 nitrogen and oxygen atoms in total. The highest BCUT2D eigenvalue weighted by Crippen LogP contribution is 2.32. The quantitative estimate of drug-likeness (QED) is 0.769. The number of carbonyl (C=O) groups excluding carboxylic acids is 1. The monoisotopic (exact) mass is 348 g/mol. The molecule has 1 N–H and O–H groups in total. The van der Waals surface area contributed by atoms with Crippen molar-refractivity contribution in [3.8, 4) is 0 Å². The average Bonchev–Trinajstić information content (AvgIpc) is 3.17. The SMILES string of the molecule is O=C(COCc1ccccc1)N1CCc2[nH]cnc2C1c1cccnc1. The van der Waals surface area contributed by atoms with E-state index in [-0.39, 0.29) is 18.6 Å². The summed E-state index contributed by atoms with van der Waals surface area (Å²) in [5.74, 6) is -0.0385. The Morgan fingerprint density at radius 1 is 1.23 bits per heavy atom. The summed E-state index contributed by atoms with van der Waals surface area (Å²) >= 11 is 0. The van der Waals surface area contributed by atoms with Crippen LogP contribution in [0.3, 0.4) is 0 Å². The number of amides is 1. The van der Waals surface area contributed by atoms with Crippen LogP contribution >= 0.6 is 0 Å². The molecule has 2 aromatic heterocycles. The van der Waals surface area contributed by atoms with Crippen LogP contribution in [0.1, 0.15) is 28.6 Å². The van der Waals surface area contributed by atoms with Gasteiger partial charge in [-0.2, -0.15) is 0 Å². The van der Waals surface area contributed by atoms with Crippen LogP contribution in [0.15, 0.2) is 61.2 Å². The van der Waals surface area contributed by atoms with E-state index >= 15 is 0 Å². The number of rotatable bonds is 5. The van der Waals surface area contributed by atoms with Crippen molar-refractivity contribution >= 4 is 5.91 Å². The second-order valence-corrected chi connectivity index (χ2v) is 6.27. The van der Waals surface area contributed by atoms with Crippen LogP contribution in [0.25, 0.3) is 0 Å². The number of ether oxygens (including phenoxy) is 1. The van der Waals surface area contributed by atoms with Crippen molar-refractivity contribution in [2.45, 2.75) is 19.1 Å². The van der Waals surface area contributed by atoms with E-state index in [0.717, 1.165) is 28.9 Å². The molecule has 3 aromatic rings. The van der Waals surface area contributed by atoms with Crippen LogP contribution in [0.2, 0.25) is 0 Å². The first-order chi connectivity index (χ1) is 12.8. The largest absolute Gasteiger partial charge is 0.367 e. The van der Waals surface area contributed by atoms with Crippen molar-refractivity contribution in [1.29, 1.82) is 0 Å². The third kappa shape index (κ3) is 3.36. The molecule has 0 radical (unpaired) electrons. The Morgan fingerprint density at radius 3 is 2.92 bits per heavy atom. The molecular weight excluding hydrogens is 328 g/mol. The lowest BCUT2D eigenvalue weighted by Crippen LogP contribution is -2.42. The Balaban J connectivity index is 1.50. The zero-order valence-corrected chi connectivity index (χ0v) is 14.3. The van der Waals surface area contributed by atoms with E-state index in [1.165, 1.54) is 0 Å². The van der Waals surface area contributed by atoms with Crippen molar-refractivity contribution in [3.05, 3.63) is 83.7 Å². The predicted octanol–water partition coefficient (Wildman–Crippen LogP) is 2.50. The molecule has 0 fully saturated rings. The van der Waals surface area contributed by atoms with Crippen molar-refractivity contribution in [3.63, 3.8) is 0 Å².